The molecule has 6 nitrogen and oxygen atoms in total. The first-order valence-corrected chi connectivity index (χ1v) is 8.95. The van der Waals surface area contributed by atoms with E-state index in [-0.39, 0.29) is 10.9 Å². The number of hydrogen-bond donors (Lipinski definition) is 2. The van der Waals surface area contributed by atoms with Gasteiger partial charge >= 0.3 is 0 Å². The maximum atomic E-state index is 12.7. The van der Waals surface area contributed by atoms with Gasteiger partial charge in [-0.2, -0.15) is 0 Å². The van der Waals surface area contributed by atoms with Gasteiger partial charge in [0.2, 0.25) is 5.96 Å². The Kier molecular flexibility index (Phi) is 5.08. The van der Waals surface area contributed by atoms with Crippen molar-refractivity contribution in [2.75, 3.05) is 26.2 Å². The zero-order chi connectivity index (χ0) is 16.3. The highest BCUT2D eigenvalue weighted by atomic mass is 32.2. The van der Waals surface area contributed by atoms with Crippen molar-refractivity contribution in [3.8, 4) is 0 Å². The van der Waals surface area contributed by atoms with E-state index < -0.39 is 10.0 Å². The fourth-order valence-corrected chi connectivity index (χ4v) is 3.96. The Morgan fingerprint density at radius 1 is 1.23 bits per heavy atom. The summed E-state index contributed by atoms with van der Waals surface area (Å²) in [6.45, 7) is 6.24. The van der Waals surface area contributed by atoms with Crippen LogP contribution in [0.15, 0.2) is 29.2 Å². The van der Waals surface area contributed by atoms with Gasteiger partial charge in [0.1, 0.15) is 0 Å². The van der Waals surface area contributed by atoms with E-state index in [1.54, 1.807) is 24.3 Å². The van der Waals surface area contributed by atoms with Gasteiger partial charge in [0.15, 0.2) is 0 Å². The molecule has 1 fully saturated rings. The predicted molar refractivity (Wildman–Crippen MR) is 87.2 cm³/mol. The van der Waals surface area contributed by atoms with Crippen molar-refractivity contribution >= 4 is 16.0 Å². The lowest BCUT2D eigenvalue weighted by atomic mass is 10.2. The van der Waals surface area contributed by atoms with Gasteiger partial charge < -0.3 is 10.6 Å². The minimum absolute atomic E-state index is 0.0692. The predicted octanol–water partition coefficient (Wildman–Crippen LogP) is 1.08. The Hall–Kier alpha value is -1.60. The van der Waals surface area contributed by atoms with Crippen molar-refractivity contribution in [3.63, 3.8) is 0 Å². The van der Waals surface area contributed by atoms with E-state index in [4.69, 9.17) is 11.1 Å². The van der Waals surface area contributed by atoms with Crippen molar-refractivity contribution in [2.24, 2.45) is 11.7 Å². The van der Waals surface area contributed by atoms with Crippen LogP contribution in [-0.4, -0.2) is 49.8 Å². The summed E-state index contributed by atoms with van der Waals surface area (Å²) in [5.41, 5.74) is 6.51. The summed E-state index contributed by atoms with van der Waals surface area (Å²) in [7, 11) is -3.65. The van der Waals surface area contributed by atoms with Crippen LogP contribution in [0, 0.1) is 11.3 Å². The molecule has 0 amide bonds. The molecule has 1 heterocycles. The number of nitrogens with two attached hydrogens (primary N) is 1. The van der Waals surface area contributed by atoms with Crippen LogP contribution < -0.4 is 5.73 Å². The molecular weight excluding hydrogens is 300 g/mol. The van der Waals surface area contributed by atoms with E-state index in [0.717, 1.165) is 12.0 Å². The number of guanidine groups is 1. The lowest BCUT2D eigenvalue weighted by molar-refractivity contribution is 0.394. The SMILES string of the molecule is CC(C)CN1CCN(S(=O)(=O)c2ccc(CCN)cc2)C1=N. The molecule has 0 atom stereocenters. The van der Waals surface area contributed by atoms with Crippen LogP contribution in [0.2, 0.25) is 0 Å². The van der Waals surface area contributed by atoms with E-state index in [2.05, 4.69) is 13.8 Å². The fraction of sp³-hybridized carbons (Fsp3) is 0.533. The summed E-state index contributed by atoms with van der Waals surface area (Å²) >= 11 is 0. The Bertz CT molecular complexity index is 625. The lowest BCUT2D eigenvalue weighted by Gasteiger charge is -2.23. The molecule has 0 aliphatic carbocycles. The van der Waals surface area contributed by atoms with E-state index in [1.165, 1.54) is 4.31 Å². The molecule has 22 heavy (non-hydrogen) atoms. The highest BCUT2D eigenvalue weighted by molar-refractivity contribution is 7.89. The monoisotopic (exact) mass is 324 g/mol. The molecular formula is C15H24N4O2S. The number of rotatable bonds is 6. The standard InChI is InChI=1S/C15H24N4O2S/c1-12(2)11-18-9-10-19(15(18)17)22(20,21)14-5-3-13(4-6-14)7-8-16/h3-6,12,17H,7-11,16H2,1-2H3. The summed E-state index contributed by atoms with van der Waals surface area (Å²) in [4.78, 5) is 2.04. The molecule has 3 N–H and O–H groups in total. The molecule has 1 saturated heterocycles. The summed E-state index contributed by atoms with van der Waals surface area (Å²) in [5, 5.41) is 8.13. The molecule has 1 aliphatic heterocycles. The van der Waals surface area contributed by atoms with Crippen LogP contribution in [0.25, 0.3) is 0 Å². The van der Waals surface area contributed by atoms with Crippen LogP contribution in [0.1, 0.15) is 19.4 Å². The Morgan fingerprint density at radius 2 is 1.86 bits per heavy atom. The van der Waals surface area contributed by atoms with Crippen molar-refractivity contribution in [1.82, 2.24) is 9.21 Å². The first-order chi connectivity index (χ1) is 10.4. The van der Waals surface area contributed by atoms with Crippen LogP contribution in [-0.2, 0) is 16.4 Å². The second-order valence-electron chi connectivity index (χ2n) is 5.92. The Morgan fingerprint density at radius 3 is 2.41 bits per heavy atom. The van der Waals surface area contributed by atoms with Gasteiger partial charge in [-0.05, 0) is 36.6 Å². The minimum atomic E-state index is -3.65. The first kappa shape index (κ1) is 16.8. The average Bonchev–Trinajstić information content (AvgIpc) is 2.81. The van der Waals surface area contributed by atoms with Gasteiger partial charge in [0.25, 0.3) is 10.0 Å². The fourth-order valence-electron chi connectivity index (χ4n) is 2.56. The van der Waals surface area contributed by atoms with Gasteiger partial charge in [-0.3, -0.25) is 5.41 Å². The summed E-state index contributed by atoms with van der Waals surface area (Å²) in [6.07, 6.45) is 0.724. The van der Waals surface area contributed by atoms with Crippen molar-refractivity contribution in [3.05, 3.63) is 29.8 Å². The molecule has 7 heteroatoms. The van der Waals surface area contributed by atoms with Gasteiger partial charge in [-0.25, -0.2) is 12.7 Å². The highest BCUT2D eigenvalue weighted by Crippen LogP contribution is 2.21. The van der Waals surface area contributed by atoms with Gasteiger partial charge in [-0.1, -0.05) is 26.0 Å². The van der Waals surface area contributed by atoms with Crippen LogP contribution in [0.5, 0.6) is 0 Å². The zero-order valence-corrected chi connectivity index (χ0v) is 13.9. The van der Waals surface area contributed by atoms with Crippen molar-refractivity contribution in [2.45, 2.75) is 25.2 Å². The third-order valence-electron chi connectivity index (χ3n) is 3.64. The molecule has 0 saturated carbocycles. The quantitative estimate of drug-likeness (QED) is 0.819. The van der Waals surface area contributed by atoms with E-state index in [9.17, 15) is 8.42 Å². The number of nitrogens with one attached hydrogen (secondary N) is 1. The Balaban J connectivity index is 2.18. The topological polar surface area (TPSA) is 90.5 Å². The lowest BCUT2D eigenvalue weighted by Crippen LogP contribution is -2.38. The van der Waals surface area contributed by atoms with Crippen molar-refractivity contribution < 1.29 is 8.42 Å². The third-order valence-corrected chi connectivity index (χ3v) is 5.44. The highest BCUT2D eigenvalue weighted by Gasteiger charge is 2.35. The number of nitrogens with zero attached hydrogens (tertiary/aromatic N) is 2. The molecule has 1 aliphatic rings. The third kappa shape index (κ3) is 3.41. The molecule has 122 valence electrons. The molecule has 1 aromatic rings. The summed E-state index contributed by atoms with van der Waals surface area (Å²) in [6, 6.07) is 6.76. The van der Waals surface area contributed by atoms with E-state index in [0.29, 0.717) is 32.1 Å². The van der Waals surface area contributed by atoms with Gasteiger partial charge in [-0.15, -0.1) is 0 Å². The maximum absolute atomic E-state index is 12.7. The number of hydrogen-bond acceptors (Lipinski definition) is 4. The summed E-state index contributed by atoms with van der Waals surface area (Å²) < 4.78 is 26.5. The molecule has 0 aromatic heterocycles. The van der Waals surface area contributed by atoms with Crippen LogP contribution in [0.4, 0.5) is 0 Å². The largest absolute Gasteiger partial charge is 0.340 e. The number of benzene rings is 1. The minimum Gasteiger partial charge on any atom is -0.340 e. The average molecular weight is 324 g/mol. The zero-order valence-electron chi connectivity index (χ0n) is 13.1. The number of sulfonamides is 1. The smallest absolute Gasteiger partial charge is 0.266 e. The second-order valence-corrected chi connectivity index (χ2v) is 7.79. The van der Waals surface area contributed by atoms with E-state index >= 15 is 0 Å². The van der Waals surface area contributed by atoms with Gasteiger partial charge in [0, 0.05) is 13.1 Å². The second kappa shape index (κ2) is 6.66. The van der Waals surface area contributed by atoms with Gasteiger partial charge in [0.05, 0.1) is 11.4 Å². The van der Waals surface area contributed by atoms with Crippen LogP contribution >= 0.6 is 0 Å². The molecule has 0 bridgehead atoms. The molecule has 0 unspecified atom stereocenters. The summed E-state index contributed by atoms with van der Waals surface area (Å²) in [5.74, 6) is 0.457. The first-order valence-electron chi connectivity index (χ1n) is 7.51. The maximum Gasteiger partial charge on any atom is 0.266 e. The molecule has 0 spiro atoms. The normalized spacial score (nSPS) is 15.9. The Labute approximate surface area is 132 Å². The molecule has 1 aromatic carbocycles. The van der Waals surface area contributed by atoms with Crippen LogP contribution in [0.3, 0.4) is 0 Å². The molecule has 2 rings (SSSR count). The molecule has 0 radical (unpaired) electrons. The van der Waals surface area contributed by atoms with Crippen molar-refractivity contribution in [1.29, 1.82) is 5.41 Å². The van der Waals surface area contributed by atoms with E-state index in [1.807, 2.05) is 4.90 Å².